The third-order valence-corrected chi connectivity index (χ3v) is 4.21. The Morgan fingerprint density at radius 3 is 3.00 bits per heavy atom. The van der Waals surface area contributed by atoms with Crippen LogP contribution in [-0.2, 0) is 4.74 Å². The number of benzene rings is 1. The lowest BCUT2D eigenvalue weighted by Gasteiger charge is -2.19. The summed E-state index contributed by atoms with van der Waals surface area (Å²) in [5.74, 6) is 2.16. The topological polar surface area (TPSA) is 21.3 Å². The number of thioether (sulfide) groups is 1. The number of rotatable bonds is 7. The van der Waals surface area contributed by atoms with Crippen molar-refractivity contribution in [2.75, 3.05) is 18.9 Å². The lowest BCUT2D eigenvalue weighted by atomic mass is 10.2. The summed E-state index contributed by atoms with van der Waals surface area (Å²) in [5.41, 5.74) is 1.32. The van der Waals surface area contributed by atoms with Gasteiger partial charge in [0.05, 0.1) is 12.6 Å². The molecule has 1 N–H and O–H groups in total. The molecule has 1 aromatic carbocycles. The minimum absolute atomic E-state index is 0.341. The van der Waals surface area contributed by atoms with Gasteiger partial charge in [0.15, 0.2) is 0 Å². The van der Waals surface area contributed by atoms with Crippen LogP contribution in [0.3, 0.4) is 0 Å². The lowest BCUT2D eigenvalue weighted by Crippen LogP contribution is -2.34. The van der Waals surface area contributed by atoms with E-state index in [0.29, 0.717) is 6.04 Å². The summed E-state index contributed by atoms with van der Waals surface area (Å²) in [7, 11) is 0. The van der Waals surface area contributed by atoms with Gasteiger partial charge in [0.2, 0.25) is 0 Å². The molecule has 0 radical (unpaired) electrons. The van der Waals surface area contributed by atoms with Crippen LogP contribution in [0.2, 0.25) is 0 Å². The largest absolute Gasteiger partial charge is 0.496 e. The van der Waals surface area contributed by atoms with E-state index >= 15 is 0 Å². The molecule has 104 valence electrons. The normalized spacial score (nSPS) is 16.0. The lowest BCUT2D eigenvalue weighted by molar-refractivity contribution is 0.220. The van der Waals surface area contributed by atoms with Crippen LogP contribution in [0.4, 0.5) is 0 Å². The van der Waals surface area contributed by atoms with Crippen LogP contribution < -0.4 is 5.32 Å². The summed E-state index contributed by atoms with van der Waals surface area (Å²) in [6.07, 6.45) is 4.43. The van der Waals surface area contributed by atoms with Crippen molar-refractivity contribution >= 4 is 11.8 Å². The van der Waals surface area contributed by atoms with E-state index in [0.717, 1.165) is 37.5 Å². The van der Waals surface area contributed by atoms with E-state index in [1.807, 2.05) is 11.8 Å². The molecule has 1 aliphatic heterocycles. The van der Waals surface area contributed by atoms with Crippen molar-refractivity contribution in [3.63, 3.8) is 0 Å². The van der Waals surface area contributed by atoms with Crippen LogP contribution in [0.15, 0.2) is 41.0 Å². The fourth-order valence-electron chi connectivity index (χ4n) is 2.12. The van der Waals surface area contributed by atoms with Crippen molar-refractivity contribution in [3.8, 4) is 0 Å². The molecule has 1 aromatic rings. The molecule has 2 rings (SSSR count). The summed E-state index contributed by atoms with van der Waals surface area (Å²) in [6, 6.07) is 9.02. The molecule has 0 amide bonds. The Morgan fingerprint density at radius 1 is 1.42 bits per heavy atom. The molecule has 2 nitrogen and oxygen atoms in total. The highest BCUT2D eigenvalue weighted by molar-refractivity contribution is 7.99. The minimum atomic E-state index is 0.341. The fraction of sp³-hybridized carbons (Fsp3) is 0.500. The third-order valence-electron chi connectivity index (χ3n) is 3.12. The van der Waals surface area contributed by atoms with Crippen LogP contribution in [0.25, 0.3) is 0 Å². The Morgan fingerprint density at radius 2 is 2.32 bits per heavy atom. The van der Waals surface area contributed by atoms with Gasteiger partial charge in [-0.1, -0.05) is 24.6 Å². The van der Waals surface area contributed by atoms with E-state index in [1.165, 1.54) is 10.5 Å². The SMILES string of the molecule is CCCNC(CSc1cccc(C)c1)C1=CCCO1. The van der Waals surface area contributed by atoms with Crippen molar-refractivity contribution in [1.82, 2.24) is 5.32 Å². The average molecular weight is 277 g/mol. The van der Waals surface area contributed by atoms with Gasteiger partial charge < -0.3 is 10.1 Å². The maximum absolute atomic E-state index is 5.71. The summed E-state index contributed by atoms with van der Waals surface area (Å²) in [6.45, 7) is 6.22. The molecule has 0 saturated carbocycles. The second kappa shape index (κ2) is 7.61. The smallest absolute Gasteiger partial charge is 0.110 e. The first-order chi connectivity index (χ1) is 9.29. The number of hydrogen-bond donors (Lipinski definition) is 1. The molecule has 1 heterocycles. The maximum atomic E-state index is 5.71. The van der Waals surface area contributed by atoms with E-state index in [9.17, 15) is 0 Å². The summed E-state index contributed by atoms with van der Waals surface area (Å²) in [5, 5.41) is 3.58. The van der Waals surface area contributed by atoms with Gasteiger partial charge in [-0.05, 0) is 38.1 Å². The number of hydrogen-bond acceptors (Lipinski definition) is 3. The van der Waals surface area contributed by atoms with Gasteiger partial charge in [0.1, 0.15) is 5.76 Å². The molecule has 0 saturated heterocycles. The second-order valence-corrected chi connectivity index (χ2v) is 5.97. The van der Waals surface area contributed by atoms with Gasteiger partial charge in [-0.15, -0.1) is 11.8 Å². The predicted molar refractivity (Wildman–Crippen MR) is 82.6 cm³/mol. The fourth-order valence-corrected chi connectivity index (χ4v) is 3.21. The van der Waals surface area contributed by atoms with Gasteiger partial charge in [-0.3, -0.25) is 0 Å². The Kier molecular flexibility index (Phi) is 5.80. The summed E-state index contributed by atoms with van der Waals surface area (Å²) < 4.78 is 5.71. The van der Waals surface area contributed by atoms with E-state index in [-0.39, 0.29) is 0 Å². The summed E-state index contributed by atoms with van der Waals surface area (Å²) in [4.78, 5) is 1.34. The van der Waals surface area contributed by atoms with Crippen LogP contribution in [0, 0.1) is 6.92 Å². The van der Waals surface area contributed by atoms with Crippen LogP contribution in [-0.4, -0.2) is 24.9 Å². The number of aryl methyl sites for hydroxylation is 1. The Hall–Kier alpha value is -0.930. The molecule has 0 bridgehead atoms. The van der Waals surface area contributed by atoms with Crippen molar-refractivity contribution in [3.05, 3.63) is 41.7 Å². The molecule has 0 aliphatic carbocycles. The predicted octanol–water partition coefficient (Wildman–Crippen LogP) is 3.76. The zero-order valence-corrected chi connectivity index (χ0v) is 12.6. The molecular weight excluding hydrogens is 254 g/mol. The van der Waals surface area contributed by atoms with E-state index in [1.54, 1.807) is 0 Å². The zero-order valence-electron chi connectivity index (χ0n) is 11.8. The standard InChI is InChI=1S/C16H23NOS/c1-3-9-17-15(16-8-5-10-18-16)12-19-14-7-4-6-13(2)11-14/h4,6-8,11,15,17H,3,5,9-10,12H2,1-2H3. The van der Waals surface area contributed by atoms with Gasteiger partial charge in [-0.25, -0.2) is 0 Å². The monoisotopic (exact) mass is 277 g/mol. The third kappa shape index (κ3) is 4.59. The van der Waals surface area contributed by atoms with E-state index < -0.39 is 0 Å². The van der Waals surface area contributed by atoms with Gasteiger partial charge >= 0.3 is 0 Å². The van der Waals surface area contributed by atoms with Crippen LogP contribution >= 0.6 is 11.8 Å². The van der Waals surface area contributed by atoms with Crippen molar-refractivity contribution in [1.29, 1.82) is 0 Å². The minimum Gasteiger partial charge on any atom is -0.496 e. The molecule has 0 spiro atoms. The molecule has 19 heavy (non-hydrogen) atoms. The van der Waals surface area contributed by atoms with E-state index in [2.05, 4.69) is 49.5 Å². The maximum Gasteiger partial charge on any atom is 0.110 e. The Bertz CT molecular complexity index is 431. The van der Waals surface area contributed by atoms with Crippen LogP contribution in [0.1, 0.15) is 25.3 Å². The molecule has 0 aromatic heterocycles. The van der Waals surface area contributed by atoms with Gasteiger partial charge in [0, 0.05) is 17.1 Å². The molecule has 3 heteroatoms. The molecule has 1 aliphatic rings. The molecule has 1 unspecified atom stereocenters. The van der Waals surface area contributed by atoms with Gasteiger partial charge in [0.25, 0.3) is 0 Å². The zero-order chi connectivity index (χ0) is 13.5. The highest BCUT2D eigenvalue weighted by Crippen LogP contribution is 2.23. The number of ether oxygens (including phenoxy) is 1. The molecule has 1 atom stereocenters. The first-order valence-electron chi connectivity index (χ1n) is 7.05. The first-order valence-corrected chi connectivity index (χ1v) is 8.04. The molecule has 0 fully saturated rings. The van der Waals surface area contributed by atoms with Crippen LogP contribution in [0.5, 0.6) is 0 Å². The summed E-state index contributed by atoms with van der Waals surface area (Å²) >= 11 is 1.90. The highest BCUT2D eigenvalue weighted by atomic mass is 32.2. The highest BCUT2D eigenvalue weighted by Gasteiger charge is 2.18. The second-order valence-electron chi connectivity index (χ2n) is 4.88. The van der Waals surface area contributed by atoms with E-state index in [4.69, 9.17) is 4.74 Å². The van der Waals surface area contributed by atoms with Gasteiger partial charge in [-0.2, -0.15) is 0 Å². The average Bonchev–Trinajstić information content (AvgIpc) is 2.93. The number of nitrogens with one attached hydrogen (secondary N) is 1. The Balaban J connectivity index is 1.92. The first kappa shape index (κ1) is 14.5. The van der Waals surface area contributed by atoms with Crippen molar-refractivity contribution < 1.29 is 4.74 Å². The quantitative estimate of drug-likeness (QED) is 0.767. The molecular formula is C16H23NOS. The Labute approximate surface area is 120 Å². The van der Waals surface area contributed by atoms with Crippen molar-refractivity contribution in [2.24, 2.45) is 0 Å². The van der Waals surface area contributed by atoms with Crippen molar-refractivity contribution in [2.45, 2.75) is 37.6 Å².